The van der Waals surface area contributed by atoms with Gasteiger partial charge < -0.3 is 5.32 Å². The molecule has 0 amide bonds. The van der Waals surface area contributed by atoms with Crippen molar-refractivity contribution in [2.24, 2.45) is 0 Å². The molecular weight excluding hydrogens is 230 g/mol. The summed E-state index contributed by atoms with van der Waals surface area (Å²) in [7, 11) is 1.89. The maximum absolute atomic E-state index is 4.56. The molecule has 90 valence electrons. The van der Waals surface area contributed by atoms with Crippen molar-refractivity contribution in [3.63, 3.8) is 0 Å². The van der Waals surface area contributed by atoms with Gasteiger partial charge in [0.2, 0.25) is 0 Å². The Hall–Kier alpha value is -1.42. The van der Waals surface area contributed by atoms with Crippen LogP contribution in [0.4, 0.5) is 5.82 Å². The average molecular weight is 247 g/mol. The number of anilines is 1. The highest BCUT2D eigenvalue weighted by molar-refractivity contribution is 7.15. The average Bonchev–Trinajstić information content (AvgIpc) is 2.81. The van der Waals surface area contributed by atoms with E-state index in [-0.39, 0.29) is 0 Å². The second-order valence-electron chi connectivity index (χ2n) is 3.98. The van der Waals surface area contributed by atoms with Gasteiger partial charge in [-0.1, -0.05) is 6.92 Å². The first-order chi connectivity index (χ1) is 8.15. The molecule has 0 unspecified atom stereocenters. The maximum atomic E-state index is 4.56. The van der Waals surface area contributed by atoms with Crippen LogP contribution in [-0.4, -0.2) is 17.0 Å². The minimum Gasteiger partial charge on any atom is -0.373 e. The smallest absolute Gasteiger partial charge is 0.171 e. The summed E-state index contributed by atoms with van der Waals surface area (Å²) in [5.41, 5.74) is 2.15. The van der Waals surface area contributed by atoms with Crippen molar-refractivity contribution in [1.29, 1.82) is 0 Å². The summed E-state index contributed by atoms with van der Waals surface area (Å²) >= 11 is 1.77. The summed E-state index contributed by atoms with van der Waals surface area (Å²) in [6, 6.07) is 4.25. The van der Waals surface area contributed by atoms with Crippen LogP contribution in [0.3, 0.4) is 0 Å². The molecule has 2 aromatic heterocycles. The van der Waals surface area contributed by atoms with E-state index < -0.39 is 0 Å². The predicted molar refractivity (Wildman–Crippen MR) is 73.7 cm³/mol. The molecule has 0 saturated heterocycles. The number of aromatic nitrogens is 2. The molecule has 17 heavy (non-hydrogen) atoms. The third kappa shape index (κ3) is 2.31. The van der Waals surface area contributed by atoms with Gasteiger partial charge >= 0.3 is 0 Å². The minimum absolute atomic E-state index is 0.821. The van der Waals surface area contributed by atoms with Crippen LogP contribution >= 0.6 is 11.3 Å². The van der Waals surface area contributed by atoms with Crippen LogP contribution in [0, 0.1) is 13.8 Å². The van der Waals surface area contributed by atoms with E-state index in [1.54, 1.807) is 11.3 Å². The summed E-state index contributed by atoms with van der Waals surface area (Å²) in [6.07, 6.45) is 1.06. The molecule has 0 bridgehead atoms. The topological polar surface area (TPSA) is 37.8 Å². The zero-order valence-electron chi connectivity index (χ0n) is 10.7. The Labute approximate surface area is 106 Å². The molecule has 0 fully saturated rings. The van der Waals surface area contributed by atoms with Gasteiger partial charge in [-0.15, -0.1) is 11.3 Å². The van der Waals surface area contributed by atoms with Crippen molar-refractivity contribution >= 4 is 17.2 Å². The van der Waals surface area contributed by atoms with E-state index in [0.29, 0.717) is 0 Å². The summed E-state index contributed by atoms with van der Waals surface area (Å²) in [4.78, 5) is 11.6. The first-order valence-electron chi connectivity index (χ1n) is 5.77. The third-order valence-electron chi connectivity index (χ3n) is 2.86. The van der Waals surface area contributed by atoms with Crippen molar-refractivity contribution in [2.75, 3.05) is 12.4 Å². The Balaban J connectivity index is 2.48. The van der Waals surface area contributed by atoms with E-state index in [1.807, 2.05) is 20.9 Å². The highest BCUT2D eigenvalue weighted by Crippen LogP contribution is 2.28. The van der Waals surface area contributed by atoms with E-state index in [4.69, 9.17) is 0 Å². The maximum Gasteiger partial charge on any atom is 0.171 e. The summed E-state index contributed by atoms with van der Waals surface area (Å²) in [6.45, 7) is 6.22. The predicted octanol–water partition coefficient (Wildman–Crippen LogP) is 3.43. The lowest BCUT2D eigenvalue weighted by molar-refractivity contribution is 1.07. The zero-order chi connectivity index (χ0) is 12.4. The number of thiophene rings is 1. The molecule has 0 aliphatic heterocycles. The van der Waals surface area contributed by atoms with Gasteiger partial charge in [0.25, 0.3) is 0 Å². The van der Waals surface area contributed by atoms with Crippen molar-refractivity contribution in [2.45, 2.75) is 27.2 Å². The molecule has 0 aliphatic carbocycles. The fourth-order valence-corrected chi connectivity index (χ4v) is 2.55. The standard InChI is InChI=1S/C13H17N3S/c1-5-10-6-7-11(17-10)13-15-9(3)8(2)12(14-4)16-13/h6-7H,5H2,1-4H3,(H,14,15,16). The molecule has 0 spiro atoms. The highest BCUT2D eigenvalue weighted by atomic mass is 32.1. The first-order valence-corrected chi connectivity index (χ1v) is 6.59. The molecule has 2 heterocycles. The minimum atomic E-state index is 0.821. The molecule has 0 aliphatic rings. The summed E-state index contributed by atoms with van der Waals surface area (Å²) in [5.74, 6) is 1.74. The molecule has 3 nitrogen and oxygen atoms in total. The van der Waals surface area contributed by atoms with Crippen LogP contribution in [0.25, 0.3) is 10.7 Å². The van der Waals surface area contributed by atoms with Gasteiger partial charge in [0, 0.05) is 23.2 Å². The second-order valence-corrected chi connectivity index (χ2v) is 5.14. The van der Waals surface area contributed by atoms with Gasteiger partial charge in [-0.2, -0.15) is 0 Å². The normalized spacial score (nSPS) is 10.6. The SMILES string of the molecule is CCc1ccc(-c2nc(C)c(C)c(NC)n2)s1. The number of hydrogen-bond donors (Lipinski definition) is 1. The van der Waals surface area contributed by atoms with E-state index in [2.05, 4.69) is 34.3 Å². The Morgan fingerprint density at radius 1 is 1.24 bits per heavy atom. The number of nitrogens with zero attached hydrogens (tertiary/aromatic N) is 2. The van der Waals surface area contributed by atoms with Crippen molar-refractivity contribution in [1.82, 2.24) is 9.97 Å². The van der Waals surface area contributed by atoms with Crippen molar-refractivity contribution in [3.05, 3.63) is 28.3 Å². The quantitative estimate of drug-likeness (QED) is 0.903. The van der Waals surface area contributed by atoms with Gasteiger partial charge in [-0.05, 0) is 32.4 Å². The zero-order valence-corrected chi connectivity index (χ0v) is 11.5. The van der Waals surface area contributed by atoms with Crippen molar-refractivity contribution < 1.29 is 0 Å². The second kappa shape index (κ2) is 4.84. The molecule has 2 aromatic rings. The fraction of sp³-hybridized carbons (Fsp3) is 0.385. The van der Waals surface area contributed by atoms with Crippen LogP contribution in [0.1, 0.15) is 23.1 Å². The number of aryl methyl sites for hydroxylation is 2. The van der Waals surface area contributed by atoms with Gasteiger partial charge in [-0.25, -0.2) is 9.97 Å². The lowest BCUT2D eigenvalue weighted by Gasteiger charge is -2.08. The number of rotatable bonds is 3. The molecule has 0 atom stereocenters. The van der Waals surface area contributed by atoms with Crippen LogP contribution in [0.15, 0.2) is 12.1 Å². The van der Waals surface area contributed by atoms with Gasteiger partial charge in [0.15, 0.2) is 5.82 Å². The Bertz CT molecular complexity index is 531. The molecule has 0 radical (unpaired) electrons. The summed E-state index contributed by atoms with van der Waals surface area (Å²) < 4.78 is 0. The number of hydrogen-bond acceptors (Lipinski definition) is 4. The number of nitrogens with one attached hydrogen (secondary N) is 1. The Morgan fingerprint density at radius 2 is 2.00 bits per heavy atom. The van der Waals surface area contributed by atoms with Crippen LogP contribution < -0.4 is 5.32 Å². The summed E-state index contributed by atoms with van der Waals surface area (Å²) in [5, 5.41) is 3.12. The fourth-order valence-electron chi connectivity index (χ4n) is 1.67. The molecule has 0 saturated carbocycles. The lowest BCUT2D eigenvalue weighted by Crippen LogP contribution is -2.02. The van der Waals surface area contributed by atoms with Gasteiger partial charge in [0.1, 0.15) is 5.82 Å². The Kier molecular flexibility index (Phi) is 3.43. The lowest BCUT2D eigenvalue weighted by atomic mass is 10.2. The van der Waals surface area contributed by atoms with Gasteiger partial charge in [-0.3, -0.25) is 0 Å². The van der Waals surface area contributed by atoms with E-state index in [0.717, 1.165) is 34.2 Å². The van der Waals surface area contributed by atoms with Gasteiger partial charge in [0.05, 0.1) is 4.88 Å². The first kappa shape index (κ1) is 12.0. The largest absolute Gasteiger partial charge is 0.373 e. The van der Waals surface area contributed by atoms with Crippen LogP contribution in [-0.2, 0) is 6.42 Å². The van der Waals surface area contributed by atoms with Crippen LogP contribution in [0.2, 0.25) is 0 Å². The van der Waals surface area contributed by atoms with E-state index in [1.165, 1.54) is 4.88 Å². The molecule has 1 N–H and O–H groups in total. The highest BCUT2D eigenvalue weighted by Gasteiger charge is 2.10. The van der Waals surface area contributed by atoms with E-state index >= 15 is 0 Å². The van der Waals surface area contributed by atoms with Crippen LogP contribution in [0.5, 0.6) is 0 Å². The van der Waals surface area contributed by atoms with Crippen molar-refractivity contribution in [3.8, 4) is 10.7 Å². The molecular formula is C13H17N3S. The third-order valence-corrected chi connectivity index (χ3v) is 4.08. The monoisotopic (exact) mass is 247 g/mol. The molecule has 0 aromatic carbocycles. The van der Waals surface area contributed by atoms with E-state index in [9.17, 15) is 0 Å². The molecule has 4 heteroatoms. The Morgan fingerprint density at radius 3 is 2.59 bits per heavy atom. The molecule has 2 rings (SSSR count).